The van der Waals surface area contributed by atoms with Gasteiger partial charge >= 0.3 is 0 Å². The van der Waals surface area contributed by atoms with Crippen LogP contribution < -0.4 is 14.4 Å². The van der Waals surface area contributed by atoms with E-state index >= 15 is 0 Å². The Bertz CT molecular complexity index is 1410. The van der Waals surface area contributed by atoms with Gasteiger partial charge in [-0.05, 0) is 75.6 Å². The molecule has 1 N–H and O–H groups in total. The van der Waals surface area contributed by atoms with Gasteiger partial charge < -0.3 is 15.0 Å². The van der Waals surface area contributed by atoms with Crippen LogP contribution >= 0.6 is 0 Å². The molecule has 0 aliphatic heterocycles. The molecule has 2 amide bonds. The van der Waals surface area contributed by atoms with Crippen LogP contribution in [0.4, 0.5) is 5.69 Å². The largest absolute Gasteiger partial charge is 0.494 e. The van der Waals surface area contributed by atoms with Gasteiger partial charge in [0.1, 0.15) is 18.3 Å². The van der Waals surface area contributed by atoms with Crippen LogP contribution in [-0.4, -0.2) is 50.9 Å². The molecule has 0 heterocycles. The number of ether oxygens (including phenoxy) is 1. The Morgan fingerprint density at radius 1 is 0.857 bits per heavy atom. The van der Waals surface area contributed by atoms with E-state index < -0.39 is 28.5 Å². The van der Waals surface area contributed by atoms with Crippen LogP contribution in [0, 0.1) is 13.8 Å². The lowest BCUT2D eigenvalue weighted by atomic mass is 10.1. The summed E-state index contributed by atoms with van der Waals surface area (Å²) in [7, 11) is -4.13. The minimum atomic E-state index is -4.13. The van der Waals surface area contributed by atoms with Crippen molar-refractivity contribution in [1.29, 1.82) is 0 Å². The van der Waals surface area contributed by atoms with E-state index in [9.17, 15) is 18.0 Å². The second-order valence-corrected chi connectivity index (χ2v) is 12.2. The zero-order chi connectivity index (χ0) is 30.7. The number of anilines is 1. The van der Waals surface area contributed by atoms with Crippen molar-refractivity contribution in [2.45, 2.75) is 71.4 Å². The Labute approximate surface area is 250 Å². The van der Waals surface area contributed by atoms with Crippen molar-refractivity contribution < 1.29 is 22.7 Å². The molecule has 0 bridgehead atoms. The molecular weight excluding hydrogens is 550 g/mol. The summed E-state index contributed by atoms with van der Waals surface area (Å²) in [5.41, 5.74) is 3.17. The molecule has 0 aliphatic carbocycles. The van der Waals surface area contributed by atoms with E-state index in [1.165, 1.54) is 17.0 Å². The molecule has 0 saturated heterocycles. The normalized spacial score (nSPS) is 11.9. The van der Waals surface area contributed by atoms with Crippen molar-refractivity contribution in [2.24, 2.45) is 0 Å². The van der Waals surface area contributed by atoms with Gasteiger partial charge in [-0.25, -0.2) is 8.42 Å². The van der Waals surface area contributed by atoms with Gasteiger partial charge in [0, 0.05) is 13.1 Å². The third kappa shape index (κ3) is 8.58. The molecule has 8 nitrogen and oxygen atoms in total. The number of benzene rings is 3. The molecule has 3 aromatic rings. The van der Waals surface area contributed by atoms with Gasteiger partial charge in [0.15, 0.2) is 0 Å². The molecule has 0 spiro atoms. The van der Waals surface area contributed by atoms with E-state index in [1.54, 1.807) is 36.4 Å². The van der Waals surface area contributed by atoms with Crippen LogP contribution in [0.1, 0.15) is 56.7 Å². The number of carbonyl (C=O) groups is 2. The molecule has 42 heavy (non-hydrogen) atoms. The van der Waals surface area contributed by atoms with E-state index in [0.29, 0.717) is 31.0 Å². The number of hydrogen-bond donors (Lipinski definition) is 1. The minimum Gasteiger partial charge on any atom is -0.494 e. The Hall–Kier alpha value is -3.85. The fourth-order valence-electron chi connectivity index (χ4n) is 4.56. The third-order valence-electron chi connectivity index (χ3n) is 7.01. The van der Waals surface area contributed by atoms with Gasteiger partial charge in [-0.3, -0.25) is 13.9 Å². The van der Waals surface area contributed by atoms with Gasteiger partial charge in [-0.1, -0.05) is 67.8 Å². The quantitative estimate of drug-likeness (QED) is 0.231. The van der Waals surface area contributed by atoms with E-state index in [-0.39, 0.29) is 17.3 Å². The predicted octanol–water partition coefficient (Wildman–Crippen LogP) is 5.62. The topological polar surface area (TPSA) is 96.0 Å². The summed E-state index contributed by atoms with van der Waals surface area (Å²) >= 11 is 0. The van der Waals surface area contributed by atoms with Crippen molar-refractivity contribution in [2.75, 3.05) is 24.0 Å². The fraction of sp³-hybridized carbons (Fsp3) is 0.394. The monoisotopic (exact) mass is 593 g/mol. The smallest absolute Gasteiger partial charge is 0.264 e. The van der Waals surface area contributed by atoms with E-state index in [4.69, 9.17) is 4.74 Å². The van der Waals surface area contributed by atoms with Gasteiger partial charge in [-0.15, -0.1) is 0 Å². The highest BCUT2D eigenvalue weighted by atomic mass is 32.2. The number of sulfonamides is 1. The second kappa shape index (κ2) is 15.4. The average Bonchev–Trinajstić information content (AvgIpc) is 2.97. The SMILES string of the molecule is CCCCNC(=O)[C@H](CC)N(Cc1ccc(C)cc1)C(=O)CN(c1ccc(OCC)cc1)S(=O)(=O)c1ccc(C)cc1. The van der Waals surface area contributed by atoms with Crippen LogP contribution in [0.25, 0.3) is 0 Å². The molecule has 0 fully saturated rings. The van der Waals surface area contributed by atoms with Crippen LogP contribution in [0.15, 0.2) is 77.7 Å². The fourth-order valence-corrected chi connectivity index (χ4v) is 5.97. The van der Waals surface area contributed by atoms with Crippen molar-refractivity contribution in [1.82, 2.24) is 10.2 Å². The van der Waals surface area contributed by atoms with Gasteiger partial charge in [0.25, 0.3) is 10.0 Å². The molecule has 226 valence electrons. The summed E-state index contributed by atoms with van der Waals surface area (Å²) in [6, 6.07) is 20.1. The highest BCUT2D eigenvalue weighted by molar-refractivity contribution is 7.92. The second-order valence-electron chi connectivity index (χ2n) is 10.3. The van der Waals surface area contributed by atoms with Gasteiger partial charge in [-0.2, -0.15) is 0 Å². The summed E-state index contributed by atoms with van der Waals surface area (Å²) in [6.45, 7) is 10.3. The maximum Gasteiger partial charge on any atom is 0.264 e. The number of nitrogens with zero attached hydrogens (tertiary/aromatic N) is 2. The summed E-state index contributed by atoms with van der Waals surface area (Å²) in [5, 5.41) is 2.95. The van der Waals surface area contributed by atoms with Crippen LogP contribution in [0.3, 0.4) is 0 Å². The van der Waals surface area contributed by atoms with Crippen molar-refractivity contribution in [3.05, 3.63) is 89.5 Å². The molecule has 0 saturated carbocycles. The number of amides is 2. The van der Waals surface area contributed by atoms with Crippen LogP contribution in [0.2, 0.25) is 0 Å². The van der Waals surface area contributed by atoms with Gasteiger partial charge in [0.2, 0.25) is 11.8 Å². The van der Waals surface area contributed by atoms with E-state index in [2.05, 4.69) is 5.32 Å². The first kappa shape index (κ1) is 32.7. The Balaban J connectivity index is 2.03. The molecular formula is C33H43N3O5S. The average molecular weight is 594 g/mol. The summed E-state index contributed by atoms with van der Waals surface area (Å²) in [6.07, 6.45) is 2.13. The first-order chi connectivity index (χ1) is 20.1. The van der Waals surface area contributed by atoms with E-state index in [1.807, 2.05) is 58.9 Å². The maximum atomic E-state index is 14.1. The molecule has 0 radical (unpaired) electrons. The number of carbonyl (C=O) groups excluding carboxylic acids is 2. The van der Waals surface area contributed by atoms with Crippen molar-refractivity contribution >= 4 is 27.5 Å². The molecule has 0 aliphatic rings. The summed E-state index contributed by atoms with van der Waals surface area (Å²) in [5.74, 6) is -0.130. The maximum absolute atomic E-state index is 14.1. The lowest BCUT2D eigenvalue weighted by Crippen LogP contribution is -2.52. The first-order valence-corrected chi connectivity index (χ1v) is 16.0. The van der Waals surface area contributed by atoms with Gasteiger partial charge in [0.05, 0.1) is 17.2 Å². The number of aryl methyl sites for hydroxylation is 2. The molecule has 3 rings (SSSR count). The molecule has 3 aromatic carbocycles. The standard InChI is InChI=1S/C33H43N3O5S/c1-6-9-22-34-33(38)31(7-2)35(23-27-14-10-25(4)11-15-27)32(37)24-36(28-16-18-29(19-17-28)41-8-3)42(39,40)30-20-12-26(5)13-21-30/h10-21,31H,6-9,22-24H2,1-5H3,(H,34,38)/t31-/m0/s1. The first-order valence-electron chi connectivity index (χ1n) is 14.6. The zero-order valence-electron chi connectivity index (χ0n) is 25.3. The lowest BCUT2D eigenvalue weighted by molar-refractivity contribution is -0.140. The third-order valence-corrected chi connectivity index (χ3v) is 8.80. The summed E-state index contributed by atoms with van der Waals surface area (Å²) < 4.78 is 34.7. The lowest BCUT2D eigenvalue weighted by Gasteiger charge is -2.33. The minimum absolute atomic E-state index is 0.0734. The van der Waals surface area contributed by atoms with Crippen molar-refractivity contribution in [3.8, 4) is 5.75 Å². The predicted molar refractivity (Wildman–Crippen MR) is 167 cm³/mol. The number of unbranched alkanes of at least 4 members (excludes halogenated alkanes) is 1. The zero-order valence-corrected chi connectivity index (χ0v) is 26.1. The molecule has 1 atom stereocenters. The highest BCUT2D eigenvalue weighted by Crippen LogP contribution is 2.27. The Morgan fingerprint density at radius 3 is 2.00 bits per heavy atom. The molecule has 0 unspecified atom stereocenters. The Kier molecular flexibility index (Phi) is 12.0. The summed E-state index contributed by atoms with van der Waals surface area (Å²) in [4.78, 5) is 29.0. The molecule has 0 aromatic heterocycles. The number of rotatable bonds is 15. The number of nitrogens with one attached hydrogen (secondary N) is 1. The van der Waals surface area contributed by atoms with Crippen molar-refractivity contribution in [3.63, 3.8) is 0 Å². The Morgan fingerprint density at radius 2 is 1.45 bits per heavy atom. The number of hydrogen-bond acceptors (Lipinski definition) is 5. The van der Waals surface area contributed by atoms with E-state index in [0.717, 1.165) is 33.8 Å². The highest BCUT2D eigenvalue weighted by Gasteiger charge is 2.33. The van der Waals surface area contributed by atoms with Crippen LogP contribution in [-0.2, 0) is 26.2 Å². The van der Waals surface area contributed by atoms with Crippen LogP contribution in [0.5, 0.6) is 5.75 Å². The molecule has 9 heteroatoms.